The Morgan fingerprint density at radius 2 is 1.67 bits per heavy atom. The molecule has 0 amide bonds. The van der Waals surface area contributed by atoms with Crippen LogP contribution in [-0.4, -0.2) is 63.7 Å². The van der Waals surface area contributed by atoms with E-state index in [1.54, 1.807) is 33.3 Å². The number of hydrogen-bond donors (Lipinski definition) is 1. The number of nitrogens with zero attached hydrogens (tertiary/aromatic N) is 1. The van der Waals surface area contributed by atoms with E-state index in [2.05, 4.69) is 0 Å². The second kappa shape index (κ2) is 12.3. The van der Waals surface area contributed by atoms with Gasteiger partial charge in [0.25, 0.3) is 0 Å². The average molecular weight is 538 g/mol. The highest BCUT2D eigenvalue weighted by Gasteiger charge is 2.46. The number of Topliss-reactive ketones (excluding diaryl/α,β-unsaturated/α-hetero) is 1. The van der Waals surface area contributed by atoms with E-state index in [9.17, 15) is 14.7 Å². The van der Waals surface area contributed by atoms with Gasteiger partial charge in [-0.25, -0.2) is 4.79 Å². The maximum atomic E-state index is 13.9. The molecule has 0 spiro atoms. The van der Waals surface area contributed by atoms with Gasteiger partial charge in [-0.1, -0.05) is 12.1 Å². The average Bonchev–Trinajstić information content (AvgIpc) is 2.93. The molecule has 1 saturated carbocycles. The summed E-state index contributed by atoms with van der Waals surface area (Å²) < 4.78 is 27.0. The van der Waals surface area contributed by atoms with E-state index >= 15 is 0 Å². The lowest BCUT2D eigenvalue weighted by Gasteiger charge is -2.38. The first kappa shape index (κ1) is 28.2. The van der Waals surface area contributed by atoms with Crippen LogP contribution in [-0.2, 0) is 19.1 Å². The molecule has 4 rings (SSSR count). The quantitative estimate of drug-likeness (QED) is 0.346. The van der Waals surface area contributed by atoms with Crippen LogP contribution in [0, 0.1) is 5.92 Å². The Morgan fingerprint density at radius 3 is 2.36 bits per heavy atom. The summed E-state index contributed by atoms with van der Waals surface area (Å²) in [4.78, 5) is 32.0. The maximum Gasteiger partial charge on any atom is 0.336 e. The van der Waals surface area contributed by atoms with Gasteiger partial charge in [-0.3, -0.25) is 9.79 Å². The Hall–Kier alpha value is -3.85. The maximum absolute atomic E-state index is 13.9. The topological polar surface area (TPSA) is 113 Å². The Balaban J connectivity index is 1.76. The number of methoxy groups -OCH3 is 3. The largest absolute Gasteiger partial charge is 0.504 e. The van der Waals surface area contributed by atoms with E-state index in [4.69, 9.17) is 28.7 Å². The number of aromatic hydroxyl groups is 1. The number of hydrogen-bond acceptors (Lipinski definition) is 9. The molecule has 0 radical (unpaired) electrons. The van der Waals surface area contributed by atoms with Crippen molar-refractivity contribution < 1.29 is 38.4 Å². The van der Waals surface area contributed by atoms with Crippen molar-refractivity contribution in [1.82, 2.24) is 0 Å². The molecular weight excluding hydrogens is 502 g/mol. The molecule has 9 heteroatoms. The number of ketones is 1. The van der Waals surface area contributed by atoms with Crippen LogP contribution >= 0.6 is 0 Å². The SMILES string of the molecule is CCOc1cc([C@@H]2C(C(=O)OCCOC)=C(C)N=C3C[C@H](c4ccc(OC)c(OC)c4)CC(=O)C32)ccc1O. The minimum atomic E-state index is -0.644. The fourth-order valence-corrected chi connectivity index (χ4v) is 5.44. The van der Waals surface area contributed by atoms with Crippen molar-refractivity contribution in [3.63, 3.8) is 0 Å². The minimum absolute atomic E-state index is 0.0151. The monoisotopic (exact) mass is 537 g/mol. The zero-order valence-corrected chi connectivity index (χ0v) is 23.0. The van der Waals surface area contributed by atoms with E-state index in [0.29, 0.717) is 47.1 Å². The fraction of sp³-hybridized carbons (Fsp3) is 0.433. The third kappa shape index (κ3) is 5.78. The number of benzene rings is 2. The molecule has 1 aliphatic carbocycles. The second-order valence-corrected chi connectivity index (χ2v) is 9.53. The van der Waals surface area contributed by atoms with E-state index in [0.717, 1.165) is 5.56 Å². The fourth-order valence-electron chi connectivity index (χ4n) is 5.44. The number of carbonyl (C=O) groups is 2. The molecule has 1 fully saturated rings. The van der Waals surface area contributed by atoms with Gasteiger partial charge >= 0.3 is 5.97 Å². The van der Waals surface area contributed by atoms with E-state index in [1.165, 1.54) is 13.2 Å². The van der Waals surface area contributed by atoms with Gasteiger partial charge in [-0.15, -0.1) is 0 Å². The van der Waals surface area contributed by atoms with E-state index in [-0.39, 0.29) is 42.8 Å². The molecule has 2 aromatic rings. The van der Waals surface area contributed by atoms with Crippen LogP contribution in [0.5, 0.6) is 23.0 Å². The number of esters is 1. The first-order chi connectivity index (χ1) is 18.8. The lowest BCUT2D eigenvalue weighted by atomic mass is 9.66. The van der Waals surface area contributed by atoms with Crippen molar-refractivity contribution in [2.75, 3.05) is 41.2 Å². The molecule has 0 aromatic heterocycles. The normalized spacial score (nSPS) is 20.7. The highest BCUT2D eigenvalue weighted by atomic mass is 16.6. The number of fused-ring (bicyclic) bond motifs is 1. The molecule has 0 bridgehead atoms. The standard InChI is InChI=1S/C30H35NO8/c1-6-38-25-16-19(7-9-22(25)32)28-27(30(34)39-12-11-35-3)17(2)31-21-13-20(14-23(33)29(21)28)18-8-10-24(36-4)26(15-18)37-5/h7-10,15-16,20,28-29,32H,6,11-14H2,1-5H3/t20-,28+,29?/m0/s1. The number of aliphatic imine (C=N–C) groups is 1. The first-order valence-electron chi connectivity index (χ1n) is 13.0. The first-order valence-corrected chi connectivity index (χ1v) is 13.0. The molecule has 1 unspecified atom stereocenters. The second-order valence-electron chi connectivity index (χ2n) is 9.53. The summed E-state index contributed by atoms with van der Waals surface area (Å²) in [5.41, 5.74) is 3.16. The molecule has 1 N–H and O–H groups in total. The van der Waals surface area contributed by atoms with Crippen LogP contribution < -0.4 is 14.2 Å². The smallest absolute Gasteiger partial charge is 0.336 e. The summed E-state index contributed by atoms with van der Waals surface area (Å²) in [7, 11) is 4.69. The minimum Gasteiger partial charge on any atom is -0.504 e. The zero-order valence-electron chi connectivity index (χ0n) is 23.0. The van der Waals surface area contributed by atoms with Gasteiger partial charge in [0.05, 0.1) is 38.9 Å². The third-order valence-corrected chi connectivity index (χ3v) is 7.22. The highest BCUT2D eigenvalue weighted by molar-refractivity contribution is 6.12. The van der Waals surface area contributed by atoms with Crippen molar-refractivity contribution in [3.8, 4) is 23.0 Å². The van der Waals surface area contributed by atoms with Crippen molar-refractivity contribution >= 4 is 17.5 Å². The molecule has 2 aromatic carbocycles. The summed E-state index contributed by atoms with van der Waals surface area (Å²) in [6.45, 7) is 4.26. The molecule has 1 aliphatic heterocycles. The van der Waals surface area contributed by atoms with Gasteiger partial charge in [0.15, 0.2) is 23.0 Å². The van der Waals surface area contributed by atoms with Gasteiger partial charge in [0, 0.05) is 30.9 Å². The highest BCUT2D eigenvalue weighted by Crippen LogP contribution is 2.47. The van der Waals surface area contributed by atoms with Crippen LogP contribution in [0.4, 0.5) is 0 Å². The Bertz CT molecular complexity index is 1300. The number of carbonyl (C=O) groups excluding carboxylic acids is 2. The van der Waals surface area contributed by atoms with Crippen molar-refractivity contribution in [1.29, 1.82) is 0 Å². The lowest BCUT2D eigenvalue weighted by molar-refractivity contribution is -0.140. The number of allylic oxidation sites excluding steroid dienone is 1. The molecular formula is C30H35NO8. The van der Waals surface area contributed by atoms with Gasteiger partial charge in [0.1, 0.15) is 12.4 Å². The van der Waals surface area contributed by atoms with Crippen molar-refractivity contribution in [2.45, 2.75) is 38.5 Å². The molecule has 1 heterocycles. The molecule has 9 nitrogen and oxygen atoms in total. The summed E-state index contributed by atoms with van der Waals surface area (Å²) in [6, 6.07) is 10.6. The van der Waals surface area contributed by atoms with Crippen molar-refractivity contribution in [3.05, 3.63) is 58.8 Å². The van der Waals surface area contributed by atoms with E-state index < -0.39 is 17.8 Å². The Morgan fingerprint density at radius 1 is 0.949 bits per heavy atom. The van der Waals surface area contributed by atoms with Crippen LogP contribution in [0.25, 0.3) is 0 Å². The number of phenolic OH excluding ortho intramolecular Hbond substituents is 1. The van der Waals surface area contributed by atoms with E-state index in [1.807, 2.05) is 25.1 Å². The van der Waals surface area contributed by atoms with Crippen LogP contribution in [0.3, 0.4) is 0 Å². The predicted octanol–water partition coefficient (Wildman–Crippen LogP) is 4.57. The van der Waals surface area contributed by atoms with Crippen LogP contribution in [0.1, 0.15) is 49.7 Å². The van der Waals surface area contributed by atoms with Gasteiger partial charge in [-0.05, 0) is 61.6 Å². The number of phenols is 1. The summed E-state index contributed by atoms with van der Waals surface area (Å²) in [5.74, 6) is -0.463. The van der Waals surface area contributed by atoms with Gasteiger partial charge in [0.2, 0.25) is 0 Å². The predicted molar refractivity (Wildman–Crippen MR) is 145 cm³/mol. The third-order valence-electron chi connectivity index (χ3n) is 7.22. The Kier molecular flexibility index (Phi) is 8.91. The van der Waals surface area contributed by atoms with Crippen LogP contribution in [0.15, 0.2) is 52.7 Å². The number of rotatable bonds is 10. The molecule has 2 aliphatic rings. The van der Waals surface area contributed by atoms with Crippen LogP contribution in [0.2, 0.25) is 0 Å². The summed E-state index contributed by atoms with van der Waals surface area (Å²) in [5, 5.41) is 10.3. The lowest BCUT2D eigenvalue weighted by Crippen LogP contribution is -2.41. The van der Waals surface area contributed by atoms with Crippen molar-refractivity contribution in [2.24, 2.45) is 10.9 Å². The summed E-state index contributed by atoms with van der Waals surface area (Å²) in [6.07, 6.45) is 0.819. The molecule has 0 saturated heterocycles. The summed E-state index contributed by atoms with van der Waals surface area (Å²) >= 11 is 0. The molecule has 3 atom stereocenters. The molecule has 39 heavy (non-hydrogen) atoms. The van der Waals surface area contributed by atoms with Gasteiger partial charge < -0.3 is 28.8 Å². The zero-order chi connectivity index (χ0) is 28.1. The molecule has 208 valence electrons. The number of ether oxygens (including phenoxy) is 5. The Labute approximate surface area is 228 Å². The van der Waals surface area contributed by atoms with Gasteiger partial charge in [-0.2, -0.15) is 0 Å².